The summed E-state index contributed by atoms with van der Waals surface area (Å²) in [6, 6.07) is 7.33. The second kappa shape index (κ2) is 13.6. The van der Waals surface area contributed by atoms with Crippen molar-refractivity contribution in [2.24, 2.45) is 0 Å². The summed E-state index contributed by atoms with van der Waals surface area (Å²) in [6.07, 6.45) is 1.49. The van der Waals surface area contributed by atoms with Crippen molar-refractivity contribution in [3.63, 3.8) is 0 Å². The molecule has 2 N–H and O–H groups in total. The number of aryl methyl sites for hydroxylation is 2. The first kappa shape index (κ1) is 28.7. The molecule has 0 aliphatic carbocycles. The maximum Gasteiger partial charge on any atom is 0.410 e. The minimum atomic E-state index is -0.344. The third-order valence-corrected chi connectivity index (χ3v) is 6.22. The minimum absolute atomic E-state index is 0. The number of rotatable bonds is 11. The highest BCUT2D eigenvalue weighted by molar-refractivity contribution is 6.04. The molecule has 1 aromatic carbocycles. The van der Waals surface area contributed by atoms with E-state index in [0.717, 1.165) is 48.1 Å². The molecular formula is C28H44N6O4. The largest absolute Gasteiger partial charge is 0.476 e. The lowest BCUT2D eigenvalue weighted by molar-refractivity contribution is 0.102. The van der Waals surface area contributed by atoms with Gasteiger partial charge in [-0.15, -0.1) is 0 Å². The van der Waals surface area contributed by atoms with E-state index in [9.17, 15) is 9.59 Å². The number of fused-ring (bicyclic) bond motifs is 1. The number of carbonyl (C=O) groups excluding carboxylic acids is 2. The Bertz CT molecular complexity index is 1250. The number of aromatic amines is 1. The van der Waals surface area contributed by atoms with E-state index < -0.39 is 0 Å². The molecule has 0 spiro atoms. The molecule has 1 fully saturated rings. The molecule has 0 atom stereocenters. The van der Waals surface area contributed by atoms with Crippen molar-refractivity contribution in [1.29, 1.82) is 0 Å². The SMILES string of the molecule is CC.CCCN(CCC)c1nc(OCCN2CCOC2=O)cc(C(=O)Nc2ccc3[nH]c(C)c(C)c3c2)n1.[HH].[HH]. The van der Waals surface area contributed by atoms with E-state index in [1.54, 1.807) is 11.0 Å². The number of nitrogens with one attached hydrogen (secondary N) is 2. The Kier molecular flexibility index (Phi) is 10.3. The van der Waals surface area contributed by atoms with Gasteiger partial charge in [-0.25, -0.2) is 9.78 Å². The summed E-state index contributed by atoms with van der Waals surface area (Å²) in [7, 11) is 0. The van der Waals surface area contributed by atoms with E-state index >= 15 is 0 Å². The number of anilines is 2. The van der Waals surface area contributed by atoms with Crippen molar-refractivity contribution in [3.05, 3.63) is 41.2 Å². The molecule has 0 saturated carbocycles. The van der Waals surface area contributed by atoms with Crippen molar-refractivity contribution in [3.8, 4) is 5.88 Å². The van der Waals surface area contributed by atoms with Gasteiger partial charge >= 0.3 is 6.09 Å². The van der Waals surface area contributed by atoms with E-state index in [1.165, 1.54) is 0 Å². The van der Waals surface area contributed by atoms with Gasteiger partial charge in [0.2, 0.25) is 11.8 Å². The van der Waals surface area contributed by atoms with Crippen LogP contribution in [0.1, 0.15) is 65.1 Å². The zero-order valence-corrected chi connectivity index (χ0v) is 23.4. The average Bonchev–Trinajstić information content (AvgIpc) is 3.46. The zero-order chi connectivity index (χ0) is 27.7. The third kappa shape index (κ3) is 6.93. The number of aromatic nitrogens is 3. The van der Waals surface area contributed by atoms with Crippen molar-refractivity contribution < 1.29 is 21.9 Å². The summed E-state index contributed by atoms with van der Waals surface area (Å²) in [6.45, 7) is 15.3. The fourth-order valence-corrected chi connectivity index (χ4v) is 4.22. The van der Waals surface area contributed by atoms with Crippen LogP contribution >= 0.6 is 0 Å². The summed E-state index contributed by atoms with van der Waals surface area (Å²) in [5.74, 6) is 0.404. The fraction of sp³-hybridized carbons (Fsp3) is 0.500. The van der Waals surface area contributed by atoms with Gasteiger partial charge in [-0.2, -0.15) is 4.98 Å². The quantitative estimate of drug-likeness (QED) is 0.323. The van der Waals surface area contributed by atoms with Crippen LogP contribution in [0.25, 0.3) is 10.9 Å². The van der Waals surface area contributed by atoms with Gasteiger partial charge in [-0.3, -0.25) is 4.79 Å². The lowest BCUT2D eigenvalue weighted by atomic mass is 10.1. The number of hydrogen-bond donors (Lipinski definition) is 2. The van der Waals surface area contributed by atoms with Crippen LogP contribution in [0.5, 0.6) is 5.88 Å². The maximum absolute atomic E-state index is 13.3. The van der Waals surface area contributed by atoms with E-state index in [1.807, 2.05) is 39.0 Å². The number of carbonyl (C=O) groups is 2. The Morgan fingerprint density at radius 2 is 1.92 bits per heavy atom. The van der Waals surface area contributed by atoms with Crippen LogP contribution in [0, 0.1) is 13.8 Å². The Balaban J connectivity index is 0.00000196. The Labute approximate surface area is 227 Å². The van der Waals surface area contributed by atoms with Gasteiger partial charge in [0.15, 0.2) is 0 Å². The second-order valence-corrected chi connectivity index (χ2v) is 8.92. The summed E-state index contributed by atoms with van der Waals surface area (Å²) in [4.78, 5) is 41.1. The van der Waals surface area contributed by atoms with E-state index in [-0.39, 0.29) is 27.2 Å². The van der Waals surface area contributed by atoms with Crippen LogP contribution in [0.15, 0.2) is 24.3 Å². The van der Waals surface area contributed by atoms with Crippen molar-refractivity contribution >= 4 is 34.5 Å². The first-order valence-electron chi connectivity index (χ1n) is 13.5. The van der Waals surface area contributed by atoms with Crippen LogP contribution in [-0.2, 0) is 4.74 Å². The van der Waals surface area contributed by atoms with E-state index in [2.05, 4.69) is 45.9 Å². The first-order chi connectivity index (χ1) is 18.4. The Morgan fingerprint density at radius 1 is 1.18 bits per heavy atom. The topological polar surface area (TPSA) is 113 Å². The summed E-state index contributed by atoms with van der Waals surface area (Å²) in [5, 5.41) is 4.03. The number of ether oxygens (including phenoxy) is 2. The van der Waals surface area contributed by atoms with Crippen LogP contribution in [0.4, 0.5) is 16.4 Å². The van der Waals surface area contributed by atoms with Crippen LogP contribution in [0.3, 0.4) is 0 Å². The molecule has 210 valence electrons. The Hall–Kier alpha value is -3.82. The van der Waals surface area contributed by atoms with E-state index in [4.69, 9.17) is 9.47 Å². The van der Waals surface area contributed by atoms with Crippen LogP contribution < -0.4 is 15.0 Å². The molecule has 3 aromatic rings. The molecule has 0 unspecified atom stereocenters. The Morgan fingerprint density at radius 3 is 2.58 bits per heavy atom. The van der Waals surface area contributed by atoms with Crippen molar-refractivity contribution in [2.75, 3.05) is 49.6 Å². The molecule has 2 aromatic heterocycles. The molecule has 0 radical (unpaired) electrons. The number of hydrogen-bond acceptors (Lipinski definition) is 7. The first-order valence-corrected chi connectivity index (χ1v) is 13.5. The second-order valence-electron chi connectivity index (χ2n) is 8.92. The molecule has 38 heavy (non-hydrogen) atoms. The molecule has 2 amide bonds. The predicted molar refractivity (Wildman–Crippen MR) is 155 cm³/mol. The fourth-order valence-electron chi connectivity index (χ4n) is 4.22. The summed E-state index contributed by atoms with van der Waals surface area (Å²) < 4.78 is 10.8. The third-order valence-electron chi connectivity index (χ3n) is 6.22. The lowest BCUT2D eigenvalue weighted by Gasteiger charge is -2.22. The highest BCUT2D eigenvalue weighted by atomic mass is 16.6. The van der Waals surface area contributed by atoms with Gasteiger partial charge in [0.25, 0.3) is 5.91 Å². The molecule has 10 heteroatoms. The highest BCUT2D eigenvalue weighted by Crippen LogP contribution is 2.25. The van der Waals surface area contributed by atoms with E-state index in [0.29, 0.717) is 37.2 Å². The van der Waals surface area contributed by atoms with Crippen molar-refractivity contribution in [1.82, 2.24) is 19.9 Å². The number of nitrogens with zero attached hydrogens (tertiary/aromatic N) is 4. The van der Waals surface area contributed by atoms with Gasteiger partial charge in [-0.05, 0) is 50.5 Å². The molecular weight excluding hydrogens is 484 g/mol. The monoisotopic (exact) mass is 528 g/mol. The smallest absolute Gasteiger partial charge is 0.410 e. The van der Waals surface area contributed by atoms with Gasteiger partial charge in [0, 0.05) is 44.3 Å². The maximum atomic E-state index is 13.3. The summed E-state index contributed by atoms with van der Waals surface area (Å²) >= 11 is 0. The molecule has 1 aliphatic heterocycles. The van der Waals surface area contributed by atoms with Gasteiger partial charge < -0.3 is 29.6 Å². The predicted octanol–water partition coefficient (Wildman–Crippen LogP) is 5.80. The normalized spacial score (nSPS) is 12.7. The molecule has 1 saturated heterocycles. The zero-order valence-electron chi connectivity index (χ0n) is 23.4. The van der Waals surface area contributed by atoms with Gasteiger partial charge in [0.1, 0.15) is 18.9 Å². The average molecular weight is 529 g/mol. The lowest BCUT2D eigenvalue weighted by Crippen LogP contribution is -2.30. The van der Waals surface area contributed by atoms with Gasteiger partial charge in [-0.1, -0.05) is 27.7 Å². The molecule has 4 rings (SSSR count). The standard InChI is InChI=1S/C26H34N6O4.C2H6.2H2/c1-5-9-31(10-6-2)25-29-22(16-23(30-25)35-13-11-32-12-14-36-26(32)34)24(33)28-19-7-8-21-20(15-19)17(3)18(4)27-21;1-2;;/h7-8,15-16,27H,5-6,9-14H2,1-4H3,(H,28,33);1-2H3;2*1H. The number of amides is 2. The minimum Gasteiger partial charge on any atom is -0.476 e. The van der Waals surface area contributed by atoms with Gasteiger partial charge in [0.05, 0.1) is 13.1 Å². The number of H-pyrrole nitrogens is 1. The highest BCUT2D eigenvalue weighted by Gasteiger charge is 2.22. The molecule has 1 aliphatic rings. The number of cyclic esters (lactones) is 1. The summed E-state index contributed by atoms with van der Waals surface area (Å²) in [5.41, 5.74) is 4.18. The van der Waals surface area contributed by atoms with Crippen LogP contribution in [-0.4, -0.2) is 71.2 Å². The molecule has 3 heterocycles. The number of benzene rings is 1. The van der Waals surface area contributed by atoms with Crippen molar-refractivity contribution in [2.45, 2.75) is 54.4 Å². The molecule has 0 bridgehead atoms. The van der Waals surface area contributed by atoms with Crippen LogP contribution in [0.2, 0.25) is 0 Å². The molecule has 10 nitrogen and oxygen atoms in total.